The van der Waals surface area contributed by atoms with Crippen molar-refractivity contribution in [3.63, 3.8) is 0 Å². The first kappa shape index (κ1) is 18.0. The second-order valence-electron chi connectivity index (χ2n) is 8.01. The molecule has 0 aliphatic carbocycles. The molecule has 1 nitrogen and oxygen atoms in total. The van der Waals surface area contributed by atoms with Gasteiger partial charge in [-0.2, -0.15) is 0 Å². The highest BCUT2D eigenvalue weighted by atomic mass is 16.5. The molecule has 0 saturated heterocycles. The third-order valence-corrected chi connectivity index (χ3v) is 3.54. The lowest BCUT2D eigenvalue weighted by Crippen LogP contribution is -2.21. The first-order valence-corrected chi connectivity index (χ1v) is 7.99. The lowest BCUT2D eigenvalue weighted by molar-refractivity contribution is 0.0227. The molecule has 0 saturated carbocycles. The molecule has 0 heterocycles. The van der Waals surface area contributed by atoms with Gasteiger partial charge in [0.1, 0.15) is 0 Å². The second kappa shape index (κ2) is 7.26. The van der Waals surface area contributed by atoms with Crippen molar-refractivity contribution in [1.82, 2.24) is 0 Å². The first-order valence-electron chi connectivity index (χ1n) is 7.99. The van der Waals surface area contributed by atoms with E-state index in [1.54, 1.807) is 0 Å². The second-order valence-corrected chi connectivity index (χ2v) is 8.01. The van der Waals surface area contributed by atoms with Crippen LogP contribution < -0.4 is 0 Å². The Hall–Kier alpha value is -1.08. The fourth-order valence-corrected chi connectivity index (χ4v) is 2.07. The van der Waals surface area contributed by atoms with Gasteiger partial charge >= 0.3 is 0 Å². The highest BCUT2D eigenvalue weighted by Crippen LogP contribution is 2.25. The minimum absolute atomic E-state index is 0.183. The van der Waals surface area contributed by atoms with Crippen molar-refractivity contribution in [1.29, 1.82) is 0 Å². The first-order chi connectivity index (χ1) is 9.60. The number of allylic oxidation sites excluding steroid dienone is 1. The minimum Gasteiger partial charge on any atom is -0.378 e. The van der Waals surface area contributed by atoms with Crippen LogP contribution in [0.4, 0.5) is 0 Å². The van der Waals surface area contributed by atoms with E-state index in [1.807, 2.05) is 0 Å². The normalized spacial score (nSPS) is 13.3. The highest BCUT2D eigenvalue weighted by molar-refractivity contribution is 5.51. The summed E-state index contributed by atoms with van der Waals surface area (Å²) in [6, 6.07) is 8.81. The van der Waals surface area contributed by atoms with Gasteiger partial charge in [0.15, 0.2) is 0 Å². The molecule has 0 spiro atoms. The molecule has 0 aromatic heterocycles. The number of benzene rings is 1. The third kappa shape index (κ3) is 6.95. The molecule has 1 rings (SSSR count). The van der Waals surface area contributed by atoms with Crippen LogP contribution in [0, 0.1) is 5.41 Å². The van der Waals surface area contributed by atoms with Gasteiger partial charge in [-0.15, -0.1) is 0 Å². The van der Waals surface area contributed by atoms with Gasteiger partial charge < -0.3 is 4.74 Å². The zero-order chi connectivity index (χ0) is 16.1. The van der Waals surface area contributed by atoms with Gasteiger partial charge in [-0.25, -0.2) is 0 Å². The summed E-state index contributed by atoms with van der Waals surface area (Å²) in [5.41, 5.74) is 3.05. The van der Waals surface area contributed by atoms with Crippen LogP contribution in [0.2, 0.25) is 0 Å². The summed E-state index contributed by atoms with van der Waals surface area (Å²) in [7, 11) is 0. The molecule has 0 aliphatic heterocycles. The van der Waals surface area contributed by atoms with Crippen molar-refractivity contribution in [2.75, 3.05) is 6.61 Å². The van der Waals surface area contributed by atoms with E-state index in [0.717, 1.165) is 13.0 Å². The van der Waals surface area contributed by atoms with E-state index in [2.05, 4.69) is 84.9 Å². The molecule has 1 aromatic carbocycles. The molecular weight excluding hydrogens is 256 g/mol. The number of rotatable bonds is 6. The summed E-state index contributed by atoms with van der Waals surface area (Å²) >= 11 is 0. The summed E-state index contributed by atoms with van der Waals surface area (Å²) in [6.07, 6.45) is 5.83. The van der Waals surface area contributed by atoms with E-state index in [4.69, 9.17) is 4.74 Å². The number of hydrogen-bond acceptors (Lipinski definition) is 1. The van der Waals surface area contributed by atoms with Crippen molar-refractivity contribution >= 4 is 6.08 Å². The van der Waals surface area contributed by atoms with Crippen LogP contribution in [0.3, 0.4) is 0 Å². The molecule has 0 amide bonds. The fraction of sp³-hybridized carbons (Fsp3) is 0.600. The SMILES string of the molecule is CC(C)OCC(C)(C)C/C=C/c1cccc(C(C)(C)C)c1. The third-order valence-electron chi connectivity index (χ3n) is 3.54. The molecular formula is C20H32O. The Balaban J connectivity index is 2.65. The molecule has 0 radical (unpaired) electrons. The Bertz CT molecular complexity index is 461. The molecule has 0 aliphatic rings. The molecule has 1 heteroatoms. The predicted octanol–water partition coefficient (Wildman–Crippen LogP) is 5.84. The van der Waals surface area contributed by atoms with Gasteiger partial charge in [-0.05, 0) is 42.2 Å². The Kier molecular flexibility index (Phi) is 6.22. The molecule has 0 N–H and O–H groups in total. The zero-order valence-electron chi connectivity index (χ0n) is 14.9. The Morgan fingerprint density at radius 1 is 1.10 bits per heavy atom. The molecule has 0 atom stereocenters. The predicted molar refractivity (Wildman–Crippen MR) is 93.7 cm³/mol. The molecule has 0 unspecified atom stereocenters. The van der Waals surface area contributed by atoms with Crippen molar-refractivity contribution in [3.8, 4) is 0 Å². The average molecular weight is 288 g/mol. The van der Waals surface area contributed by atoms with E-state index < -0.39 is 0 Å². The highest BCUT2D eigenvalue weighted by Gasteiger charge is 2.17. The standard InChI is InChI=1S/C20H32O/c1-16(2)21-15-20(6,7)13-9-11-17-10-8-12-18(14-17)19(3,4)5/h8-12,14,16H,13,15H2,1-7H3/b11-9+. The average Bonchev–Trinajstić information content (AvgIpc) is 2.36. The maximum absolute atomic E-state index is 5.74. The monoisotopic (exact) mass is 288 g/mol. The fourth-order valence-electron chi connectivity index (χ4n) is 2.07. The van der Waals surface area contributed by atoms with E-state index in [1.165, 1.54) is 11.1 Å². The maximum Gasteiger partial charge on any atom is 0.0523 e. The van der Waals surface area contributed by atoms with Crippen LogP contribution in [0.15, 0.2) is 30.3 Å². The lowest BCUT2D eigenvalue weighted by atomic mass is 9.86. The van der Waals surface area contributed by atoms with Crippen molar-refractivity contribution < 1.29 is 4.74 Å². The molecule has 0 bridgehead atoms. The molecule has 1 aromatic rings. The summed E-state index contributed by atoms with van der Waals surface area (Å²) in [5.74, 6) is 0. The lowest BCUT2D eigenvalue weighted by Gasteiger charge is -2.24. The smallest absolute Gasteiger partial charge is 0.0523 e. The van der Waals surface area contributed by atoms with Crippen LogP contribution in [0.1, 0.15) is 66.0 Å². The Labute approximate surface area is 131 Å². The van der Waals surface area contributed by atoms with E-state index in [9.17, 15) is 0 Å². The van der Waals surface area contributed by atoms with Crippen LogP contribution in [-0.4, -0.2) is 12.7 Å². The van der Waals surface area contributed by atoms with Crippen molar-refractivity contribution in [3.05, 3.63) is 41.5 Å². The van der Waals surface area contributed by atoms with E-state index in [-0.39, 0.29) is 10.8 Å². The molecule has 118 valence electrons. The van der Waals surface area contributed by atoms with Crippen molar-refractivity contribution in [2.45, 2.75) is 66.4 Å². The molecule has 0 fully saturated rings. The summed E-state index contributed by atoms with van der Waals surface area (Å²) < 4.78 is 5.74. The Morgan fingerprint density at radius 2 is 1.76 bits per heavy atom. The zero-order valence-corrected chi connectivity index (χ0v) is 14.9. The van der Waals surface area contributed by atoms with Gasteiger partial charge in [-0.1, -0.05) is 71.0 Å². The number of hydrogen-bond donors (Lipinski definition) is 0. The van der Waals surface area contributed by atoms with Crippen molar-refractivity contribution in [2.24, 2.45) is 5.41 Å². The topological polar surface area (TPSA) is 9.23 Å². The Morgan fingerprint density at radius 3 is 2.33 bits per heavy atom. The minimum atomic E-state index is 0.183. The molecule has 21 heavy (non-hydrogen) atoms. The number of ether oxygens (including phenoxy) is 1. The van der Waals surface area contributed by atoms with Gasteiger partial charge in [0.05, 0.1) is 12.7 Å². The largest absolute Gasteiger partial charge is 0.378 e. The van der Waals surface area contributed by atoms with Gasteiger partial charge in [0.2, 0.25) is 0 Å². The summed E-state index contributed by atoms with van der Waals surface area (Å²) in [6.45, 7) is 16.2. The summed E-state index contributed by atoms with van der Waals surface area (Å²) in [5, 5.41) is 0. The van der Waals surface area contributed by atoms with Crippen LogP contribution in [0.5, 0.6) is 0 Å². The van der Waals surface area contributed by atoms with Crippen LogP contribution >= 0.6 is 0 Å². The quantitative estimate of drug-likeness (QED) is 0.639. The van der Waals surface area contributed by atoms with E-state index >= 15 is 0 Å². The van der Waals surface area contributed by atoms with Crippen LogP contribution in [0.25, 0.3) is 6.08 Å². The van der Waals surface area contributed by atoms with Gasteiger partial charge in [-0.3, -0.25) is 0 Å². The maximum atomic E-state index is 5.74. The van der Waals surface area contributed by atoms with Gasteiger partial charge in [0.25, 0.3) is 0 Å². The van der Waals surface area contributed by atoms with Crippen LogP contribution in [-0.2, 0) is 10.2 Å². The van der Waals surface area contributed by atoms with Gasteiger partial charge in [0, 0.05) is 0 Å². The van der Waals surface area contributed by atoms with E-state index in [0.29, 0.717) is 6.10 Å². The summed E-state index contributed by atoms with van der Waals surface area (Å²) in [4.78, 5) is 0.